The minimum absolute atomic E-state index is 0.00756. The van der Waals surface area contributed by atoms with Crippen molar-refractivity contribution in [1.82, 2.24) is 0 Å². The minimum atomic E-state index is -3.24. The second-order valence-corrected chi connectivity index (χ2v) is 5.95. The Hall–Kier alpha value is -1.54. The molecule has 0 aliphatic rings. The highest BCUT2D eigenvalue weighted by Crippen LogP contribution is 2.12. The molecule has 0 N–H and O–H groups in total. The molecule has 0 aliphatic heterocycles. The third-order valence-electron chi connectivity index (χ3n) is 2.14. The molecule has 17 heavy (non-hydrogen) atoms. The quantitative estimate of drug-likeness (QED) is 0.724. The zero-order valence-electron chi connectivity index (χ0n) is 9.72. The smallest absolute Gasteiger partial charge is 0.163 e. The van der Waals surface area contributed by atoms with Gasteiger partial charge in [0.25, 0.3) is 0 Å². The Morgan fingerprint density at radius 3 is 2.82 bits per heavy atom. The van der Waals surface area contributed by atoms with E-state index in [-0.39, 0.29) is 5.75 Å². The molecule has 0 amide bonds. The summed E-state index contributed by atoms with van der Waals surface area (Å²) in [6, 6.07) is 9.22. The molecule has 0 fully saturated rings. The van der Waals surface area contributed by atoms with Crippen LogP contribution in [0.1, 0.15) is 12.0 Å². The second-order valence-electron chi connectivity index (χ2n) is 3.77. The van der Waals surface area contributed by atoms with Crippen molar-refractivity contribution in [3.63, 3.8) is 0 Å². The van der Waals surface area contributed by atoms with Crippen molar-refractivity contribution in [2.45, 2.75) is 13.3 Å². The first-order valence-electron chi connectivity index (χ1n) is 5.30. The molecule has 0 unspecified atom stereocenters. The maximum Gasteiger partial charge on any atom is 0.163 e. The van der Waals surface area contributed by atoms with Crippen LogP contribution in [-0.4, -0.2) is 26.5 Å². The fraction of sp³-hybridized carbons (Fsp3) is 0.417. The van der Waals surface area contributed by atoms with Crippen molar-refractivity contribution in [1.29, 1.82) is 5.26 Å². The Balaban J connectivity index is 2.32. The molecule has 0 spiro atoms. The summed E-state index contributed by atoms with van der Waals surface area (Å²) in [4.78, 5) is 0. The number of nitriles is 1. The van der Waals surface area contributed by atoms with Gasteiger partial charge in [0.15, 0.2) is 9.84 Å². The molecule has 0 aliphatic carbocycles. The molecule has 1 aromatic rings. The average Bonchev–Trinajstić information content (AvgIpc) is 2.24. The summed E-state index contributed by atoms with van der Waals surface area (Å²) >= 11 is 0. The van der Waals surface area contributed by atoms with Crippen LogP contribution in [0.2, 0.25) is 0 Å². The van der Waals surface area contributed by atoms with E-state index < -0.39 is 15.6 Å². The average molecular weight is 253 g/mol. The standard InChI is InChI=1S/C12H15NO3S/c1-11-4-2-5-12(10-11)16-7-3-8-17(14,15)9-6-13/h2,4-5,10H,3,7-9H2,1H3. The first-order valence-corrected chi connectivity index (χ1v) is 7.12. The van der Waals surface area contributed by atoms with E-state index in [1.165, 1.54) is 0 Å². The van der Waals surface area contributed by atoms with Crippen molar-refractivity contribution in [2.24, 2.45) is 0 Å². The maximum atomic E-state index is 11.2. The zero-order valence-corrected chi connectivity index (χ0v) is 10.5. The van der Waals surface area contributed by atoms with Crippen LogP contribution in [0, 0.1) is 18.3 Å². The number of sulfone groups is 1. The third kappa shape index (κ3) is 5.36. The molecule has 0 radical (unpaired) electrons. The zero-order chi connectivity index (χ0) is 12.7. The van der Waals surface area contributed by atoms with Gasteiger partial charge >= 0.3 is 0 Å². The summed E-state index contributed by atoms with van der Waals surface area (Å²) in [5.74, 6) is 0.312. The Morgan fingerprint density at radius 1 is 1.41 bits per heavy atom. The van der Waals surface area contributed by atoms with Crippen LogP contribution in [0.5, 0.6) is 5.75 Å². The van der Waals surface area contributed by atoms with Gasteiger partial charge in [0.2, 0.25) is 0 Å². The molecule has 0 saturated carbocycles. The highest BCUT2D eigenvalue weighted by atomic mass is 32.2. The van der Waals surface area contributed by atoms with Gasteiger partial charge in [0, 0.05) is 0 Å². The van der Waals surface area contributed by atoms with Gasteiger partial charge in [-0.05, 0) is 31.0 Å². The molecule has 4 nitrogen and oxygen atoms in total. The van der Waals surface area contributed by atoms with Crippen LogP contribution in [0.3, 0.4) is 0 Å². The number of ether oxygens (including phenoxy) is 1. The van der Waals surface area contributed by atoms with Crippen LogP contribution in [0.15, 0.2) is 24.3 Å². The summed E-state index contributed by atoms with van der Waals surface area (Å²) in [6.07, 6.45) is 0.401. The van der Waals surface area contributed by atoms with Crippen LogP contribution in [-0.2, 0) is 9.84 Å². The fourth-order valence-corrected chi connectivity index (χ4v) is 2.24. The summed E-state index contributed by atoms with van der Waals surface area (Å²) < 4.78 is 27.8. The van der Waals surface area contributed by atoms with Gasteiger partial charge in [0.1, 0.15) is 11.5 Å². The number of hydrogen-bond donors (Lipinski definition) is 0. The summed E-state index contributed by atoms with van der Waals surface area (Å²) in [7, 11) is -3.24. The Labute approximate surface area is 102 Å². The van der Waals surface area contributed by atoms with Crippen LogP contribution in [0.25, 0.3) is 0 Å². The summed E-state index contributed by atoms with van der Waals surface area (Å²) in [5, 5.41) is 8.31. The fourth-order valence-electron chi connectivity index (χ4n) is 1.34. The Bertz CT molecular complexity index is 503. The number of hydrogen-bond acceptors (Lipinski definition) is 4. The van der Waals surface area contributed by atoms with Crippen molar-refractivity contribution >= 4 is 9.84 Å². The van der Waals surface area contributed by atoms with Crippen LogP contribution < -0.4 is 4.74 Å². The lowest BCUT2D eigenvalue weighted by Gasteiger charge is -2.06. The number of benzene rings is 1. The number of aryl methyl sites for hydroxylation is 1. The van der Waals surface area contributed by atoms with E-state index in [9.17, 15) is 8.42 Å². The maximum absolute atomic E-state index is 11.2. The van der Waals surface area contributed by atoms with Gasteiger partial charge in [-0.15, -0.1) is 0 Å². The Morgan fingerprint density at radius 2 is 2.18 bits per heavy atom. The highest BCUT2D eigenvalue weighted by molar-refractivity contribution is 7.91. The molecule has 1 aromatic carbocycles. The van der Waals surface area contributed by atoms with Gasteiger partial charge < -0.3 is 4.74 Å². The van der Waals surface area contributed by atoms with Crippen molar-refractivity contribution in [3.05, 3.63) is 29.8 Å². The second kappa shape index (κ2) is 6.26. The SMILES string of the molecule is Cc1cccc(OCCCS(=O)(=O)CC#N)c1. The molecular formula is C12H15NO3S. The third-order valence-corrected chi connectivity index (χ3v) is 3.62. The van der Waals surface area contributed by atoms with Crippen molar-refractivity contribution in [2.75, 3.05) is 18.1 Å². The molecule has 0 aromatic heterocycles. The topological polar surface area (TPSA) is 67.2 Å². The summed E-state index contributed by atoms with van der Waals surface area (Å²) in [6.45, 7) is 2.30. The van der Waals surface area contributed by atoms with Crippen LogP contribution in [0.4, 0.5) is 0 Å². The van der Waals surface area contributed by atoms with Gasteiger partial charge in [-0.3, -0.25) is 0 Å². The van der Waals surface area contributed by atoms with Gasteiger partial charge in [-0.1, -0.05) is 12.1 Å². The lowest BCUT2D eigenvalue weighted by molar-refractivity contribution is 0.317. The minimum Gasteiger partial charge on any atom is -0.494 e. The molecular weight excluding hydrogens is 238 g/mol. The predicted molar refractivity (Wildman–Crippen MR) is 65.6 cm³/mol. The molecule has 0 bridgehead atoms. The number of rotatable bonds is 6. The van der Waals surface area contributed by atoms with Gasteiger partial charge in [-0.25, -0.2) is 8.42 Å². The van der Waals surface area contributed by atoms with E-state index in [2.05, 4.69) is 0 Å². The largest absolute Gasteiger partial charge is 0.494 e. The van der Waals surface area contributed by atoms with E-state index in [1.54, 1.807) is 6.07 Å². The van der Waals surface area contributed by atoms with E-state index in [0.717, 1.165) is 11.3 Å². The normalized spacial score (nSPS) is 10.8. The van der Waals surface area contributed by atoms with Gasteiger partial charge in [0.05, 0.1) is 18.4 Å². The van der Waals surface area contributed by atoms with E-state index >= 15 is 0 Å². The van der Waals surface area contributed by atoms with E-state index in [1.807, 2.05) is 31.2 Å². The van der Waals surface area contributed by atoms with Gasteiger partial charge in [-0.2, -0.15) is 5.26 Å². The van der Waals surface area contributed by atoms with E-state index in [0.29, 0.717) is 13.0 Å². The number of nitrogens with zero attached hydrogens (tertiary/aromatic N) is 1. The predicted octanol–water partition coefficient (Wildman–Crippen LogP) is 1.70. The molecule has 0 saturated heterocycles. The Kier molecular flexibility index (Phi) is 4.98. The molecule has 92 valence electrons. The lowest BCUT2D eigenvalue weighted by atomic mass is 10.2. The molecule has 0 atom stereocenters. The van der Waals surface area contributed by atoms with Crippen molar-refractivity contribution in [3.8, 4) is 11.8 Å². The first-order chi connectivity index (χ1) is 8.03. The molecule has 5 heteroatoms. The summed E-state index contributed by atoms with van der Waals surface area (Å²) in [5.41, 5.74) is 1.10. The first kappa shape index (κ1) is 13.5. The molecule has 1 rings (SSSR count). The highest BCUT2D eigenvalue weighted by Gasteiger charge is 2.09. The molecule has 0 heterocycles. The lowest BCUT2D eigenvalue weighted by Crippen LogP contribution is -2.12. The monoisotopic (exact) mass is 253 g/mol. The van der Waals surface area contributed by atoms with E-state index in [4.69, 9.17) is 10.00 Å². The van der Waals surface area contributed by atoms with Crippen molar-refractivity contribution < 1.29 is 13.2 Å². The van der Waals surface area contributed by atoms with Crippen LogP contribution >= 0.6 is 0 Å².